The number of anilines is 1. The van der Waals surface area contributed by atoms with Gasteiger partial charge in [0.25, 0.3) is 5.69 Å². The SMILES string of the molecule is CCCNc1ccc(S(=O)(=O)N(CC)CC)c([N+](=O)[O-])c1. The molecule has 0 aliphatic rings. The van der Waals surface area contributed by atoms with Crippen molar-refractivity contribution in [1.82, 2.24) is 4.31 Å². The number of benzene rings is 1. The van der Waals surface area contributed by atoms with E-state index in [9.17, 15) is 18.5 Å². The highest BCUT2D eigenvalue weighted by Gasteiger charge is 2.30. The molecule has 0 amide bonds. The van der Waals surface area contributed by atoms with Gasteiger partial charge in [0.05, 0.1) is 4.92 Å². The van der Waals surface area contributed by atoms with Crippen molar-refractivity contribution >= 4 is 21.4 Å². The Morgan fingerprint density at radius 2 is 1.86 bits per heavy atom. The van der Waals surface area contributed by atoms with E-state index < -0.39 is 20.6 Å². The van der Waals surface area contributed by atoms with Gasteiger partial charge in [0, 0.05) is 31.4 Å². The summed E-state index contributed by atoms with van der Waals surface area (Å²) in [7, 11) is -3.85. The highest BCUT2D eigenvalue weighted by atomic mass is 32.2. The average molecular weight is 315 g/mol. The zero-order chi connectivity index (χ0) is 16.0. The lowest BCUT2D eigenvalue weighted by atomic mass is 10.2. The molecule has 0 aliphatic carbocycles. The van der Waals surface area contributed by atoms with Crippen LogP contribution in [0.4, 0.5) is 11.4 Å². The van der Waals surface area contributed by atoms with Crippen LogP contribution < -0.4 is 5.32 Å². The van der Waals surface area contributed by atoms with E-state index in [0.717, 1.165) is 6.42 Å². The first-order chi connectivity index (χ1) is 9.88. The number of hydrogen-bond donors (Lipinski definition) is 1. The maximum absolute atomic E-state index is 12.4. The van der Waals surface area contributed by atoms with E-state index in [1.165, 1.54) is 16.4 Å². The summed E-state index contributed by atoms with van der Waals surface area (Å²) in [5.41, 5.74) is 0.144. The average Bonchev–Trinajstić information content (AvgIpc) is 2.45. The van der Waals surface area contributed by atoms with E-state index in [4.69, 9.17) is 0 Å². The van der Waals surface area contributed by atoms with Crippen LogP contribution in [0.5, 0.6) is 0 Å². The molecule has 0 spiro atoms. The summed E-state index contributed by atoms with van der Waals surface area (Å²) < 4.78 is 26.1. The maximum Gasteiger partial charge on any atom is 0.291 e. The minimum atomic E-state index is -3.85. The molecule has 0 unspecified atom stereocenters. The molecule has 0 radical (unpaired) electrons. The molecule has 0 aromatic heterocycles. The summed E-state index contributed by atoms with van der Waals surface area (Å²) in [5.74, 6) is 0. The Kier molecular flexibility index (Phi) is 6.10. The Balaban J connectivity index is 3.33. The van der Waals surface area contributed by atoms with Crippen molar-refractivity contribution in [3.05, 3.63) is 28.3 Å². The van der Waals surface area contributed by atoms with Gasteiger partial charge in [0.15, 0.2) is 4.90 Å². The summed E-state index contributed by atoms with van der Waals surface area (Å²) in [6, 6.07) is 4.12. The third-order valence-electron chi connectivity index (χ3n) is 3.06. The van der Waals surface area contributed by atoms with Crippen molar-refractivity contribution in [2.75, 3.05) is 25.0 Å². The van der Waals surface area contributed by atoms with Crippen molar-refractivity contribution in [2.45, 2.75) is 32.1 Å². The van der Waals surface area contributed by atoms with E-state index in [-0.39, 0.29) is 18.0 Å². The van der Waals surface area contributed by atoms with Gasteiger partial charge >= 0.3 is 0 Å². The van der Waals surface area contributed by atoms with Crippen LogP contribution in [-0.4, -0.2) is 37.3 Å². The predicted molar refractivity (Wildman–Crippen MR) is 82.0 cm³/mol. The minimum Gasteiger partial charge on any atom is -0.385 e. The number of hydrogen-bond acceptors (Lipinski definition) is 5. The molecule has 7 nitrogen and oxygen atoms in total. The monoisotopic (exact) mass is 315 g/mol. The molecule has 0 fully saturated rings. The van der Waals surface area contributed by atoms with E-state index in [1.807, 2.05) is 6.92 Å². The summed E-state index contributed by atoms with van der Waals surface area (Å²) in [4.78, 5) is 10.3. The first kappa shape index (κ1) is 17.4. The van der Waals surface area contributed by atoms with Crippen molar-refractivity contribution < 1.29 is 13.3 Å². The Morgan fingerprint density at radius 3 is 2.33 bits per heavy atom. The van der Waals surface area contributed by atoms with Gasteiger partial charge in [-0.25, -0.2) is 8.42 Å². The molecule has 1 aromatic carbocycles. The molecule has 0 aliphatic heterocycles. The number of nitro groups is 1. The molecule has 118 valence electrons. The number of rotatable bonds is 8. The van der Waals surface area contributed by atoms with Crippen molar-refractivity contribution in [3.8, 4) is 0 Å². The molecule has 21 heavy (non-hydrogen) atoms. The van der Waals surface area contributed by atoms with Crippen molar-refractivity contribution in [3.63, 3.8) is 0 Å². The Hall–Kier alpha value is -1.67. The molecular formula is C13H21N3O4S. The fourth-order valence-corrected chi connectivity index (χ4v) is 3.56. The second-order valence-electron chi connectivity index (χ2n) is 4.46. The zero-order valence-corrected chi connectivity index (χ0v) is 13.3. The van der Waals surface area contributed by atoms with Crippen LogP contribution in [0.3, 0.4) is 0 Å². The molecular weight excluding hydrogens is 294 g/mol. The Labute approximate surface area is 125 Å². The normalized spacial score (nSPS) is 11.6. The molecule has 1 aromatic rings. The second kappa shape index (κ2) is 7.37. The van der Waals surface area contributed by atoms with Crippen molar-refractivity contribution in [1.29, 1.82) is 0 Å². The van der Waals surface area contributed by atoms with Gasteiger partial charge in [-0.3, -0.25) is 10.1 Å². The fraction of sp³-hybridized carbons (Fsp3) is 0.538. The van der Waals surface area contributed by atoms with Gasteiger partial charge in [-0.2, -0.15) is 4.31 Å². The van der Waals surface area contributed by atoms with E-state index in [2.05, 4.69) is 5.32 Å². The van der Waals surface area contributed by atoms with Gasteiger partial charge in [0.2, 0.25) is 10.0 Å². The highest BCUT2D eigenvalue weighted by Crippen LogP contribution is 2.29. The quantitative estimate of drug-likeness (QED) is 0.587. The summed E-state index contributed by atoms with van der Waals surface area (Å²) in [6.07, 6.45) is 0.868. The summed E-state index contributed by atoms with van der Waals surface area (Å²) in [5, 5.41) is 14.2. The van der Waals surface area contributed by atoms with Crippen LogP contribution in [0.1, 0.15) is 27.2 Å². The van der Waals surface area contributed by atoms with Gasteiger partial charge < -0.3 is 5.32 Å². The number of nitrogens with one attached hydrogen (secondary N) is 1. The summed E-state index contributed by atoms with van der Waals surface area (Å²) >= 11 is 0. The third kappa shape index (κ3) is 3.92. The molecule has 0 atom stereocenters. The smallest absolute Gasteiger partial charge is 0.291 e. The zero-order valence-electron chi connectivity index (χ0n) is 12.5. The van der Waals surface area contributed by atoms with Crippen LogP contribution in [0.2, 0.25) is 0 Å². The van der Waals surface area contributed by atoms with Crippen LogP contribution >= 0.6 is 0 Å². The highest BCUT2D eigenvalue weighted by molar-refractivity contribution is 7.89. The molecule has 0 saturated heterocycles. The topological polar surface area (TPSA) is 92.6 Å². The summed E-state index contributed by atoms with van der Waals surface area (Å²) in [6.45, 7) is 6.58. The Morgan fingerprint density at radius 1 is 1.24 bits per heavy atom. The van der Waals surface area contributed by atoms with E-state index in [1.54, 1.807) is 19.9 Å². The largest absolute Gasteiger partial charge is 0.385 e. The molecule has 1 N–H and O–H groups in total. The van der Waals surface area contributed by atoms with Gasteiger partial charge in [-0.05, 0) is 18.6 Å². The van der Waals surface area contributed by atoms with Crippen LogP contribution in [0, 0.1) is 10.1 Å². The van der Waals surface area contributed by atoms with Gasteiger partial charge in [-0.15, -0.1) is 0 Å². The number of sulfonamides is 1. The van der Waals surface area contributed by atoms with Crippen molar-refractivity contribution in [2.24, 2.45) is 0 Å². The Bertz CT molecular complexity index is 597. The van der Waals surface area contributed by atoms with Gasteiger partial charge in [-0.1, -0.05) is 20.8 Å². The second-order valence-corrected chi connectivity index (χ2v) is 6.36. The fourth-order valence-electron chi connectivity index (χ4n) is 1.96. The molecule has 0 saturated carbocycles. The minimum absolute atomic E-state index is 0.266. The molecule has 1 rings (SSSR count). The van der Waals surface area contributed by atoms with Crippen LogP contribution in [-0.2, 0) is 10.0 Å². The molecule has 0 heterocycles. The molecule has 8 heteroatoms. The third-order valence-corrected chi connectivity index (χ3v) is 5.16. The first-order valence-corrected chi connectivity index (χ1v) is 8.34. The van der Waals surface area contributed by atoms with Crippen LogP contribution in [0.15, 0.2) is 23.1 Å². The lowest BCUT2D eigenvalue weighted by molar-refractivity contribution is -0.387. The number of nitrogens with zero attached hydrogens (tertiary/aromatic N) is 2. The van der Waals surface area contributed by atoms with E-state index >= 15 is 0 Å². The lowest BCUT2D eigenvalue weighted by Crippen LogP contribution is -2.31. The number of nitro benzene ring substituents is 1. The first-order valence-electron chi connectivity index (χ1n) is 6.90. The van der Waals surface area contributed by atoms with E-state index in [0.29, 0.717) is 12.2 Å². The van der Waals surface area contributed by atoms with Gasteiger partial charge in [0.1, 0.15) is 0 Å². The van der Waals surface area contributed by atoms with Crippen LogP contribution in [0.25, 0.3) is 0 Å². The predicted octanol–water partition coefficient (Wildman–Crippen LogP) is 2.45. The molecule has 0 bridgehead atoms. The lowest BCUT2D eigenvalue weighted by Gasteiger charge is -2.18. The maximum atomic E-state index is 12.4. The standard InChI is InChI=1S/C13H21N3O4S/c1-4-9-14-11-7-8-13(12(10-11)16(17)18)21(19,20)15(5-2)6-3/h7-8,10,14H,4-6,9H2,1-3H3.